The summed E-state index contributed by atoms with van der Waals surface area (Å²) in [6, 6.07) is 16.5. The van der Waals surface area contributed by atoms with Gasteiger partial charge in [-0.15, -0.1) is 16.4 Å². The van der Waals surface area contributed by atoms with Gasteiger partial charge in [-0.2, -0.15) is 4.98 Å². The predicted octanol–water partition coefficient (Wildman–Crippen LogP) is 5.08. The van der Waals surface area contributed by atoms with E-state index in [0.29, 0.717) is 40.0 Å². The lowest BCUT2D eigenvalue weighted by atomic mass is 9.94. The van der Waals surface area contributed by atoms with Crippen LogP contribution < -0.4 is 15.4 Å². The Labute approximate surface area is 193 Å². The molecule has 0 bridgehead atoms. The third-order valence-corrected chi connectivity index (χ3v) is 6.26. The molecule has 166 valence electrons. The van der Waals surface area contributed by atoms with Gasteiger partial charge in [0.25, 0.3) is 5.91 Å². The lowest BCUT2D eigenvalue weighted by Crippen LogP contribution is -2.32. The third-order valence-electron chi connectivity index (χ3n) is 5.39. The van der Waals surface area contributed by atoms with E-state index < -0.39 is 17.8 Å². The Kier molecular flexibility index (Phi) is 5.39. The first-order chi connectivity index (χ1) is 16.1. The van der Waals surface area contributed by atoms with Gasteiger partial charge >= 0.3 is 0 Å². The largest absolute Gasteiger partial charge is 0.495 e. The fourth-order valence-corrected chi connectivity index (χ4v) is 4.53. The Morgan fingerprint density at radius 2 is 1.94 bits per heavy atom. The van der Waals surface area contributed by atoms with Crippen LogP contribution in [0.2, 0.25) is 0 Å². The molecule has 2 N–H and O–H groups in total. The van der Waals surface area contributed by atoms with Crippen molar-refractivity contribution in [3.8, 4) is 16.5 Å². The van der Waals surface area contributed by atoms with E-state index >= 15 is 4.39 Å². The first-order valence-electron chi connectivity index (χ1n) is 10.2. The topological polar surface area (TPSA) is 81.1 Å². The van der Waals surface area contributed by atoms with Crippen LogP contribution in [-0.4, -0.2) is 27.8 Å². The van der Waals surface area contributed by atoms with Gasteiger partial charge in [0.15, 0.2) is 5.82 Å². The highest BCUT2D eigenvalue weighted by molar-refractivity contribution is 7.13. The number of anilines is 2. The van der Waals surface area contributed by atoms with Crippen LogP contribution in [0.5, 0.6) is 5.75 Å². The minimum atomic E-state index is -0.807. The number of rotatable bonds is 5. The summed E-state index contributed by atoms with van der Waals surface area (Å²) in [7, 11) is 1.54. The minimum absolute atomic E-state index is 0.326. The Balaban J connectivity index is 1.62. The average molecular weight is 462 g/mol. The summed E-state index contributed by atoms with van der Waals surface area (Å²) in [6.45, 7) is 1.77. The number of carbonyl (C=O) groups is 1. The van der Waals surface area contributed by atoms with Crippen molar-refractivity contribution >= 4 is 28.9 Å². The molecule has 2 aromatic carbocycles. The summed E-state index contributed by atoms with van der Waals surface area (Å²) in [4.78, 5) is 19.0. The molecule has 9 heteroatoms. The van der Waals surface area contributed by atoms with E-state index in [2.05, 4.69) is 20.7 Å². The lowest BCUT2D eigenvalue weighted by Gasteiger charge is -2.29. The monoisotopic (exact) mass is 461 g/mol. The molecule has 1 amide bonds. The van der Waals surface area contributed by atoms with Gasteiger partial charge in [0.05, 0.1) is 23.2 Å². The number of nitrogens with zero attached hydrogens (tertiary/aromatic N) is 3. The van der Waals surface area contributed by atoms with Crippen LogP contribution >= 0.6 is 11.3 Å². The first kappa shape index (κ1) is 20.9. The zero-order chi connectivity index (χ0) is 22.9. The molecule has 0 saturated carbocycles. The number of aromatic nitrogens is 3. The maximum atomic E-state index is 15.0. The number of ether oxygens (including phenoxy) is 1. The van der Waals surface area contributed by atoms with E-state index in [9.17, 15) is 4.79 Å². The molecule has 0 fully saturated rings. The molecule has 4 aromatic rings. The Morgan fingerprint density at radius 3 is 2.70 bits per heavy atom. The van der Waals surface area contributed by atoms with Crippen molar-refractivity contribution in [2.24, 2.45) is 0 Å². The molecule has 2 aromatic heterocycles. The van der Waals surface area contributed by atoms with E-state index in [-0.39, 0.29) is 0 Å². The van der Waals surface area contributed by atoms with E-state index in [4.69, 9.17) is 4.74 Å². The summed E-state index contributed by atoms with van der Waals surface area (Å²) in [6.07, 6.45) is 0. The van der Waals surface area contributed by atoms with E-state index in [0.717, 1.165) is 4.88 Å². The van der Waals surface area contributed by atoms with E-state index in [1.54, 1.807) is 48.0 Å². The number of allylic oxidation sites excluding steroid dienone is 1. The zero-order valence-electron chi connectivity index (χ0n) is 17.9. The molecule has 7 nitrogen and oxygen atoms in total. The summed E-state index contributed by atoms with van der Waals surface area (Å²) in [5.74, 6) is 0.651. The van der Waals surface area contributed by atoms with Gasteiger partial charge in [-0.3, -0.25) is 4.79 Å². The number of amides is 1. The normalized spacial score (nSPS) is 15.1. The zero-order valence-corrected chi connectivity index (χ0v) is 18.7. The van der Waals surface area contributed by atoms with Crippen molar-refractivity contribution in [1.29, 1.82) is 0 Å². The molecule has 33 heavy (non-hydrogen) atoms. The van der Waals surface area contributed by atoms with Crippen LogP contribution in [0.4, 0.5) is 16.0 Å². The molecule has 1 aliphatic rings. The second-order valence-electron chi connectivity index (χ2n) is 7.42. The number of benzene rings is 2. The van der Waals surface area contributed by atoms with Crippen LogP contribution in [-0.2, 0) is 4.79 Å². The molecule has 1 aliphatic heterocycles. The van der Waals surface area contributed by atoms with Gasteiger partial charge < -0.3 is 15.4 Å². The molecule has 0 radical (unpaired) electrons. The number of nitrogens with one attached hydrogen (secondary N) is 2. The number of carbonyl (C=O) groups excluding carboxylic acids is 1. The van der Waals surface area contributed by atoms with Crippen molar-refractivity contribution in [3.63, 3.8) is 0 Å². The molecular weight excluding hydrogens is 441 g/mol. The number of hydrogen-bond donors (Lipinski definition) is 2. The molecule has 3 heterocycles. The van der Waals surface area contributed by atoms with Gasteiger partial charge in [-0.25, -0.2) is 9.07 Å². The highest BCUT2D eigenvalue weighted by Crippen LogP contribution is 2.38. The Morgan fingerprint density at radius 1 is 1.15 bits per heavy atom. The second kappa shape index (κ2) is 8.51. The molecule has 1 unspecified atom stereocenters. The van der Waals surface area contributed by atoms with Crippen LogP contribution in [0.3, 0.4) is 0 Å². The lowest BCUT2D eigenvalue weighted by molar-refractivity contribution is -0.113. The quantitative estimate of drug-likeness (QED) is 0.433. The molecular formula is C24H20FN5O2S. The van der Waals surface area contributed by atoms with Gasteiger partial charge in [0.2, 0.25) is 5.95 Å². The molecule has 0 saturated heterocycles. The maximum Gasteiger partial charge on any atom is 0.255 e. The third kappa shape index (κ3) is 3.76. The number of para-hydroxylation sites is 2. The molecule has 0 spiro atoms. The van der Waals surface area contributed by atoms with E-state index in [1.807, 2.05) is 23.6 Å². The first-order valence-corrected chi connectivity index (χ1v) is 11.1. The summed E-state index contributed by atoms with van der Waals surface area (Å²) < 4.78 is 21.9. The Bertz CT molecular complexity index is 1360. The standard InChI is InChI=1S/C24H20FN5O2S/c1-14-20(23(31)27-17-10-5-6-11-18(17)32-2)21(15-8-3-4-9-16(15)25)30-24(26-14)28-22(29-30)19-12-7-13-33-19/h3-13,21H,1-2H3,(H,27,31)(H,26,28,29). The van der Waals surface area contributed by atoms with Crippen molar-refractivity contribution < 1.29 is 13.9 Å². The summed E-state index contributed by atoms with van der Waals surface area (Å²) in [5.41, 5.74) is 1.74. The van der Waals surface area contributed by atoms with E-state index in [1.165, 1.54) is 24.5 Å². The van der Waals surface area contributed by atoms with Gasteiger partial charge in [-0.1, -0.05) is 36.4 Å². The SMILES string of the molecule is COc1ccccc1NC(=O)C1=C(C)Nc2nc(-c3cccs3)nn2C1c1ccccc1F. The fraction of sp³-hybridized carbons (Fsp3) is 0.125. The maximum absolute atomic E-state index is 15.0. The molecule has 0 aliphatic carbocycles. The van der Waals surface area contributed by atoms with Crippen molar-refractivity contribution in [1.82, 2.24) is 14.8 Å². The molecule has 5 rings (SSSR count). The highest BCUT2D eigenvalue weighted by atomic mass is 32.1. The van der Waals surface area contributed by atoms with Crippen molar-refractivity contribution in [3.05, 3.63) is 88.7 Å². The number of halogens is 1. The number of fused-ring (bicyclic) bond motifs is 1. The highest BCUT2D eigenvalue weighted by Gasteiger charge is 2.36. The Hall–Kier alpha value is -3.98. The summed E-state index contributed by atoms with van der Waals surface area (Å²) >= 11 is 1.51. The number of hydrogen-bond acceptors (Lipinski definition) is 6. The number of thiophene rings is 1. The smallest absolute Gasteiger partial charge is 0.255 e. The van der Waals surface area contributed by atoms with Gasteiger partial charge in [-0.05, 0) is 36.6 Å². The van der Waals surface area contributed by atoms with Crippen molar-refractivity contribution in [2.75, 3.05) is 17.7 Å². The van der Waals surface area contributed by atoms with Crippen LogP contribution in [0.15, 0.2) is 77.3 Å². The van der Waals surface area contributed by atoms with Gasteiger partial charge in [0, 0.05) is 11.3 Å². The van der Waals surface area contributed by atoms with Crippen LogP contribution in [0, 0.1) is 5.82 Å². The number of methoxy groups -OCH3 is 1. The van der Waals surface area contributed by atoms with Gasteiger partial charge in [0.1, 0.15) is 17.6 Å². The molecule has 1 atom stereocenters. The van der Waals surface area contributed by atoms with Crippen LogP contribution in [0.1, 0.15) is 18.5 Å². The van der Waals surface area contributed by atoms with Crippen LogP contribution in [0.25, 0.3) is 10.7 Å². The van der Waals surface area contributed by atoms with Crippen molar-refractivity contribution in [2.45, 2.75) is 13.0 Å². The fourth-order valence-electron chi connectivity index (χ4n) is 3.88. The predicted molar refractivity (Wildman–Crippen MR) is 126 cm³/mol. The minimum Gasteiger partial charge on any atom is -0.495 e. The average Bonchev–Trinajstić information content (AvgIpc) is 3.49. The second-order valence-corrected chi connectivity index (χ2v) is 8.37. The summed E-state index contributed by atoms with van der Waals surface area (Å²) in [5, 5.41) is 12.7.